The summed E-state index contributed by atoms with van der Waals surface area (Å²) < 4.78 is 0. The molecule has 3 N–H and O–H groups in total. The predicted octanol–water partition coefficient (Wildman–Crippen LogP) is 4.71. The molecule has 2 atom stereocenters. The van der Waals surface area contributed by atoms with Crippen molar-refractivity contribution in [1.82, 2.24) is 20.1 Å². The quantitative estimate of drug-likeness (QED) is 0.288. The lowest BCUT2D eigenvalue weighted by Crippen LogP contribution is -2.58. The highest BCUT2D eigenvalue weighted by atomic mass is 16.2. The molecule has 1 saturated heterocycles. The Morgan fingerprint density at radius 1 is 1.00 bits per heavy atom. The number of hydrogen-bond acceptors (Lipinski definition) is 4. The van der Waals surface area contributed by atoms with Crippen molar-refractivity contribution in [2.24, 2.45) is 0 Å². The van der Waals surface area contributed by atoms with Gasteiger partial charge in [-0.15, -0.1) is 0 Å². The Morgan fingerprint density at radius 3 is 2.52 bits per heavy atom. The van der Waals surface area contributed by atoms with E-state index < -0.39 is 12.1 Å². The number of para-hydroxylation sites is 2. The van der Waals surface area contributed by atoms with E-state index in [-0.39, 0.29) is 24.3 Å². The highest BCUT2D eigenvalue weighted by molar-refractivity contribution is 6.01. The lowest BCUT2D eigenvalue weighted by molar-refractivity contribution is -0.120. The van der Waals surface area contributed by atoms with Crippen LogP contribution in [0.1, 0.15) is 29.5 Å². The van der Waals surface area contributed by atoms with Crippen LogP contribution in [0.15, 0.2) is 79.0 Å². The molecular formula is C33H38N6O3. The topological polar surface area (TPSA) is 101 Å². The van der Waals surface area contributed by atoms with Crippen LogP contribution in [-0.4, -0.2) is 72.4 Å². The van der Waals surface area contributed by atoms with E-state index in [2.05, 4.69) is 20.5 Å². The zero-order valence-electron chi connectivity index (χ0n) is 24.6. The number of benzene rings is 3. The Hall–Kier alpha value is -4.63. The third kappa shape index (κ3) is 6.31. The lowest BCUT2D eigenvalue weighted by Gasteiger charge is -2.36. The first-order chi connectivity index (χ1) is 20.2. The summed E-state index contributed by atoms with van der Waals surface area (Å²) in [5.74, 6) is -0.846. The number of H-pyrrole nitrogens is 1. The molecule has 4 amide bonds. The fourth-order valence-corrected chi connectivity index (χ4v) is 5.59. The molecule has 9 nitrogen and oxygen atoms in total. The maximum atomic E-state index is 13.8. The summed E-state index contributed by atoms with van der Waals surface area (Å²) in [6.45, 7) is 5.30. The van der Waals surface area contributed by atoms with Crippen molar-refractivity contribution >= 4 is 40.1 Å². The van der Waals surface area contributed by atoms with Crippen LogP contribution in [0.4, 0.5) is 16.2 Å². The monoisotopic (exact) mass is 566 g/mol. The minimum Gasteiger partial charge on any atom is -0.361 e. The van der Waals surface area contributed by atoms with Crippen LogP contribution in [0, 0.1) is 6.92 Å². The molecule has 0 radical (unpaired) electrons. The molecule has 0 unspecified atom stereocenters. The van der Waals surface area contributed by atoms with Crippen LogP contribution in [-0.2, 0) is 16.1 Å². The van der Waals surface area contributed by atoms with Gasteiger partial charge in [0.2, 0.25) is 11.8 Å². The van der Waals surface area contributed by atoms with E-state index >= 15 is 0 Å². The molecule has 0 aliphatic carbocycles. The van der Waals surface area contributed by atoms with E-state index in [0.717, 1.165) is 39.8 Å². The van der Waals surface area contributed by atoms with Gasteiger partial charge in [0.1, 0.15) is 12.6 Å². The molecule has 1 aliphatic rings. The second kappa shape index (κ2) is 12.5. The summed E-state index contributed by atoms with van der Waals surface area (Å²) in [6.07, 6.45) is 1.89. The van der Waals surface area contributed by atoms with E-state index in [4.69, 9.17) is 0 Å². The van der Waals surface area contributed by atoms with E-state index in [1.165, 1.54) is 4.90 Å². The standard InChI is InChI=1S/C33H38N6O3/c1-22-10-5-8-15-29(22)39-17-16-38(21-30(39)40)33(42)36-31(23(2)27-19-34-28-14-7-6-13-26(27)28)32(41)35-25-12-9-11-24(18-25)20-37(3)4/h5-15,18-19,23,31,34H,16-17,20-21H2,1-4H3,(H,35,41)(H,36,42)/t23-,31-/m1/s1. The molecule has 4 aromatic rings. The molecule has 1 aliphatic heterocycles. The van der Waals surface area contributed by atoms with Crippen molar-refractivity contribution in [1.29, 1.82) is 0 Å². The third-order valence-corrected chi connectivity index (χ3v) is 7.78. The van der Waals surface area contributed by atoms with Gasteiger partial charge in [0.25, 0.3) is 0 Å². The number of fused-ring (bicyclic) bond motifs is 1. The number of aromatic amines is 1. The zero-order valence-corrected chi connectivity index (χ0v) is 24.6. The van der Waals surface area contributed by atoms with E-state index in [1.54, 1.807) is 4.90 Å². The number of anilines is 2. The van der Waals surface area contributed by atoms with Gasteiger partial charge in [-0.05, 0) is 62.0 Å². The largest absolute Gasteiger partial charge is 0.361 e. The summed E-state index contributed by atoms with van der Waals surface area (Å²) in [7, 11) is 3.98. The summed E-state index contributed by atoms with van der Waals surface area (Å²) in [5, 5.41) is 6.99. The van der Waals surface area contributed by atoms with Crippen LogP contribution in [0.3, 0.4) is 0 Å². The van der Waals surface area contributed by atoms with Gasteiger partial charge in [0, 0.05) is 54.0 Å². The Kier molecular flexibility index (Phi) is 8.59. The fourth-order valence-electron chi connectivity index (χ4n) is 5.59. The molecule has 2 heterocycles. The Morgan fingerprint density at radius 2 is 1.76 bits per heavy atom. The summed E-state index contributed by atoms with van der Waals surface area (Å²) in [6, 6.07) is 22.0. The van der Waals surface area contributed by atoms with Crippen molar-refractivity contribution in [2.45, 2.75) is 32.4 Å². The van der Waals surface area contributed by atoms with Crippen molar-refractivity contribution in [3.63, 3.8) is 0 Å². The number of carbonyl (C=O) groups excluding carboxylic acids is 3. The van der Waals surface area contributed by atoms with Crippen LogP contribution >= 0.6 is 0 Å². The third-order valence-electron chi connectivity index (χ3n) is 7.78. The Balaban J connectivity index is 1.36. The number of hydrogen-bond donors (Lipinski definition) is 3. The van der Waals surface area contributed by atoms with E-state index in [0.29, 0.717) is 18.8 Å². The Labute approximate surface area is 246 Å². The zero-order chi connectivity index (χ0) is 29.8. The Bertz CT molecular complexity index is 1600. The van der Waals surface area contributed by atoms with Crippen LogP contribution in [0.2, 0.25) is 0 Å². The van der Waals surface area contributed by atoms with Gasteiger partial charge in [-0.3, -0.25) is 9.59 Å². The molecule has 218 valence electrons. The van der Waals surface area contributed by atoms with Gasteiger partial charge in [-0.2, -0.15) is 0 Å². The number of amides is 4. The number of aromatic nitrogens is 1. The summed E-state index contributed by atoms with van der Waals surface area (Å²) in [4.78, 5) is 49.1. The van der Waals surface area contributed by atoms with Gasteiger partial charge >= 0.3 is 6.03 Å². The molecule has 1 aromatic heterocycles. The molecule has 0 bridgehead atoms. The van der Waals surface area contributed by atoms with Gasteiger partial charge in [0.05, 0.1) is 0 Å². The first kappa shape index (κ1) is 28.9. The molecule has 5 rings (SSSR count). The van der Waals surface area contributed by atoms with Gasteiger partial charge in [-0.25, -0.2) is 4.79 Å². The number of nitrogens with zero attached hydrogens (tertiary/aromatic N) is 3. The predicted molar refractivity (Wildman–Crippen MR) is 167 cm³/mol. The van der Waals surface area contributed by atoms with Crippen molar-refractivity contribution in [3.8, 4) is 0 Å². The molecule has 0 spiro atoms. The average Bonchev–Trinajstić information content (AvgIpc) is 3.40. The maximum Gasteiger partial charge on any atom is 0.318 e. The number of urea groups is 1. The molecule has 0 saturated carbocycles. The van der Waals surface area contributed by atoms with E-state index in [1.807, 2.05) is 107 Å². The lowest BCUT2D eigenvalue weighted by atomic mass is 9.92. The van der Waals surface area contributed by atoms with Crippen LogP contribution < -0.4 is 15.5 Å². The number of rotatable bonds is 8. The second-order valence-electron chi connectivity index (χ2n) is 11.2. The van der Waals surface area contributed by atoms with Crippen molar-refractivity contribution in [3.05, 3.63) is 95.7 Å². The number of piperazine rings is 1. The van der Waals surface area contributed by atoms with Crippen LogP contribution in [0.5, 0.6) is 0 Å². The minimum atomic E-state index is -0.890. The summed E-state index contributed by atoms with van der Waals surface area (Å²) >= 11 is 0. The highest BCUT2D eigenvalue weighted by Gasteiger charge is 2.34. The highest BCUT2D eigenvalue weighted by Crippen LogP contribution is 2.29. The molecule has 3 aromatic carbocycles. The average molecular weight is 567 g/mol. The first-order valence-electron chi connectivity index (χ1n) is 14.2. The van der Waals surface area contributed by atoms with Crippen molar-refractivity contribution < 1.29 is 14.4 Å². The summed E-state index contributed by atoms with van der Waals surface area (Å²) in [5.41, 5.74) is 5.46. The second-order valence-corrected chi connectivity index (χ2v) is 11.2. The van der Waals surface area contributed by atoms with Gasteiger partial charge < -0.3 is 30.3 Å². The smallest absolute Gasteiger partial charge is 0.318 e. The van der Waals surface area contributed by atoms with E-state index in [9.17, 15) is 14.4 Å². The molecule has 42 heavy (non-hydrogen) atoms. The number of nitrogens with one attached hydrogen (secondary N) is 3. The molecule has 1 fully saturated rings. The normalized spacial score (nSPS) is 15.1. The first-order valence-corrected chi connectivity index (χ1v) is 14.2. The number of aryl methyl sites for hydroxylation is 1. The van der Waals surface area contributed by atoms with Crippen molar-refractivity contribution in [2.75, 3.05) is 43.9 Å². The maximum absolute atomic E-state index is 13.8. The molecule has 9 heteroatoms. The SMILES string of the molecule is Cc1ccccc1N1CCN(C(=O)N[C@@H](C(=O)Nc2cccc(CN(C)C)c2)[C@H](C)c2c[nH]c3ccccc23)CC1=O. The van der Waals surface area contributed by atoms with Gasteiger partial charge in [-0.1, -0.05) is 55.5 Å². The number of carbonyl (C=O) groups is 3. The van der Waals surface area contributed by atoms with Crippen LogP contribution in [0.25, 0.3) is 10.9 Å². The molecular weight excluding hydrogens is 528 g/mol. The van der Waals surface area contributed by atoms with Gasteiger partial charge in [0.15, 0.2) is 0 Å². The fraction of sp³-hybridized carbons (Fsp3) is 0.303. The minimum absolute atomic E-state index is 0.0669.